The zero-order chi connectivity index (χ0) is 14.5. The number of amides is 1. The Bertz CT molecular complexity index is 444. The van der Waals surface area contributed by atoms with Crippen LogP contribution in [0.3, 0.4) is 0 Å². The summed E-state index contributed by atoms with van der Waals surface area (Å²) in [6, 6.07) is 0.369. The fraction of sp³-hybridized carbons (Fsp3) is 0.733. The highest BCUT2D eigenvalue weighted by Crippen LogP contribution is 2.24. The molecule has 20 heavy (non-hydrogen) atoms. The number of nitrogens with two attached hydrogens (primary N) is 1. The standard InChI is InChI=1S/C15H25N3OS/c1-11(2)8-12-6-4-3-5-7-18(12)15(19)13-10-20-14(9-16)17-13/h10-12H,3-9,16H2,1-2H3. The lowest BCUT2D eigenvalue weighted by Crippen LogP contribution is -2.41. The van der Waals surface area contributed by atoms with Crippen molar-refractivity contribution in [3.63, 3.8) is 0 Å². The van der Waals surface area contributed by atoms with Crippen molar-refractivity contribution in [3.05, 3.63) is 16.1 Å². The van der Waals surface area contributed by atoms with E-state index in [0.29, 0.717) is 24.2 Å². The molecule has 1 unspecified atom stereocenters. The molecule has 0 saturated carbocycles. The minimum Gasteiger partial charge on any atom is -0.334 e. The van der Waals surface area contributed by atoms with E-state index in [2.05, 4.69) is 23.7 Å². The molecule has 0 spiro atoms. The molecular weight excluding hydrogens is 270 g/mol. The Hall–Kier alpha value is -0.940. The van der Waals surface area contributed by atoms with Gasteiger partial charge in [0.05, 0.1) is 0 Å². The van der Waals surface area contributed by atoms with Crippen LogP contribution in [0.25, 0.3) is 0 Å². The van der Waals surface area contributed by atoms with E-state index in [1.807, 2.05) is 5.38 Å². The third-order valence-electron chi connectivity index (χ3n) is 3.83. The Labute approximate surface area is 125 Å². The normalized spacial score (nSPS) is 20.2. The summed E-state index contributed by atoms with van der Waals surface area (Å²) in [4.78, 5) is 19.1. The fourth-order valence-corrected chi connectivity index (χ4v) is 3.53. The zero-order valence-electron chi connectivity index (χ0n) is 12.5. The summed E-state index contributed by atoms with van der Waals surface area (Å²) in [6.07, 6.45) is 5.77. The summed E-state index contributed by atoms with van der Waals surface area (Å²) in [5.41, 5.74) is 6.16. The van der Waals surface area contributed by atoms with E-state index in [1.54, 1.807) is 0 Å². The van der Waals surface area contributed by atoms with Crippen LogP contribution in [-0.2, 0) is 6.54 Å². The number of aromatic nitrogens is 1. The Balaban J connectivity index is 2.14. The summed E-state index contributed by atoms with van der Waals surface area (Å²) in [6.45, 7) is 5.73. The number of likely N-dealkylation sites (tertiary alicyclic amines) is 1. The van der Waals surface area contributed by atoms with Gasteiger partial charge in [0.25, 0.3) is 5.91 Å². The molecule has 1 atom stereocenters. The van der Waals surface area contributed by atoms with Gasteiger partial charge in [-0.15, -0.1) is 11.3 Å². The van der Waals surface area contributed by atoms with Crippen LogP contribution in [0, 0.1) is 5.92 Å². The van der Waals surface area contributed by atoms with Crippen molar-refractivity contribution in [3.8, 4) is 0 Å². The summed E-state index contributed by atoms with van der Waals surface area (Å²) in [7, 11) is 0. The number of thiazole rings is 1. The average Bonchev–Trinajstić information content (AvgIpc) is 2.79. The molecule has 5 heteroatoms. The molecule has 0 aliphatic carbocycles. The number of rotatable bonds is 4. The first-order valence-electron chi connectivity index (χ1n) is 7.57. The van der Waals surface area contributed by atoms with Crippen LogP contribution in [0.4, 0.5) is 0 Å². The largest absolute Gasteiger partial charge is 0.334 e. The summed E-state index contributed by atoms with van der Waals surface area (Å²) in [5, 5.41) is 2.69. The minimum absolute atomic E-state index is 0.0912. The molecule has 0 bridgehead atoms. The zero-order valence-corrected chi connectivity index (χ0v) is 13.3. The van der Waals surface area contributed by atoms with Crippen LogP contribution in [0.5, 0.6) is 0 Å². The molecule has 1 aliphatic rings. The van der Waals surface area contributed by atoms with Crippen molar-refractivity contribution in [2.75, 3.05) is 6.54 Å². The molecule has 0 radical (unpaired) electrons. The molecule has 112 valence electrons. The van der Waals surface area contributed by atoms with E-state index in [4.69, 9.17) is 5.73 Å². The van der Waals surface area contributed by atoms with Gasteiger partial charge < -0.3 is 10.6 Å². The number of hydrogen-bond acceptors (Lipinski definition) is 4. The Morgan fingerprint density at radius 2 is 2.30 bits per heavy atom. The third kappa shape index (κ3) is 3.79. The SMILES string of the molecule is CC(C)CC1CCCCCN1C(=O)c1csc(CN)n1. The molecule has 0 aromatic carbocycles. The Morgan fingerprint density at radius 3 is 2.95 bits per heavy atom. The van der Waals surface area contributed by atoms with E-state index in [9.17, 15) is 4.79 Å². The monoisotopic (exact) mass is 295 g/mol. The molecule has 2 rings (SSSR count). The Kier molecular flexibility index (Phi) is 5.54. The summed E-state index contributed by atoms with van der Waals surface area (Å²) >= 11 is 1.48. The van der Waals surface area contributed by atoms with Crippen LogP contribution >= 0.6 is 11.3 Å². The molecule has 4 nitrogen and oxygen atoms in total. The molecule has 2 N–H and O–H groups in total. The van der Waals surface area contributed by atoms with Gasteiger partial charge >= 0.3 is 0 Å². The van der Waals surface area contributed by atoms with Gasteiger partial charge in [-0.2, -0.15) is 0 Å². The van der Waals surface area contributed by atoms with Crippen molar-refractivity contribution in [2.45, 2.75) is 58.5 Å². The van der Waals surface area contributed by atoms with Crippen molar-refractivity contribution in [1.29, 1.82) is 0 Å². The summed E-state index contributed by atoms with van der Waals surface area (Å²) in [5.74, 6) is 0.705. The maximum atomic E-state index is 12.7. The first-order valence-corrected chi connectivity index (χ1v) is 8.45. The average molecular weight is 295 g/mol. The predicted molar refractivity (Wildman–Crippen MR) is 82.8 cm³/mol. The Morgan fingerprint density at radius 1 is 1.50 bits per heavy atom. The van der Waals surface area contributed by atoms with E-state index in [1.165, 1.54) is 24.2 Å². The quantitative estimate of drug-likeness (QED) is 0.929. The van der Waals surface area contributed by atoms with Gasteiger partial charge in [0.15, 0.2) is 0 Å². The lowest BCUT2D eigenvalue weighted by atomic mass is 9.98. The van der Waals surface area contributed by atoms with Gasteiger partial charge in [-0.1, -0.05) is 26.7 Å². The maximum Gasteiger partial charge on any atom is 0.273 e. The second-order valence-electron chi connectivity index (χ2n) is 5.96. The highest BCUT2D eigenvalue weighted by molar-refractivity contribution is 7.09. The van der Waals surface area contributed by atoms with Crippen LogP contribution in [0.1, 0.15) is 61.4 Å². The molecule has 2 heterocycles. The van der Waals surface area contributed by atoms with Crippen LogP contribution in [0.2, 0.25) is 0 Å². The van der Waals surface area contributed by atoms with Crippen molar-refractivity contribution in [2.24, 2.45) is 11.7 Å². The number of hydrogen-bond donors (Lipinski definition) is 1. The highest BCUT2D eigenvalue weighted by Gasteiger charge is 2.28. The lowest BCUT2D eigenvalue weighted by molar-refractivity contribution is 0.0656. The fourth-order valence-electron chi connectivity index (χ4n) is 2.88. The van der Waals surface area contributed by atoms with E-state index in [-0.39, 0.29) is 5.91 Å². The molecule has 1 amide bonds. The van der Waals surface area contributed by atoms with Gasteiger partial charge in [0.1, 0.15) is 10.7 Å². The van der Waals surface area contributed by atoms with Crippen molar-refractivity contribution >= 4 is 17.2 Å². The summed E-state index contributed by atoms with van der Waals surface area (Å²) < 4.78 is 0. The van der Waals surface area contributed by atoms with Crippen LogP contribution < -0.4 is 5.73 Å². The number of nitrogens with zero attached hydrogens (tertiary/aromatic N) is 2. The second kappa shape index (κ2) is 7.18. The van der Waals surface area contributed by atoms with Crippen molar-refractivity contribution in [1.82, 2.24) is 9.88 Å². The molecular formula is C15H25N3OS. The van der Waals surface area contributed by atoms with Gasteiger partial charge in [-0.25, -0.2) is 4.98 Å². The molecule has 1 saturated heterocycles. The van der Waals surface area contributed by atoms with Crippen LogP contribution in [0.15, 0.2) is 5.38 Å². The first kappa shape index (κ1) is 15.4. The van der Waals surface area contributed by atoms with E-state index in [0.717, 1.165) is 30.8 Å². The van der Waals surface area contributed by atoms with E-state index < -0.39 is 0 Å². The van der Waals surface area contributed by atoms with E-state index >= 15 is 0 Å². The third-order valence-corrected chi connectivity index (χ3v) is 4.70. The first-order chi connectivity index (χ1) is 9.61. The van der Waals surface area contributed by atoms with Gasteiger partial charge in [0.2, 0.25) is 0 Å². The predicted octanol–water partition coefficient (Wildman–Crippen LogP) is 3.03. The second-order valence-corrected chi connectivity index (χ2v) is 6.90. The number of carbonyl (C=O) groups excluding carboxylic acids is 1. The highest BCUT2D eigenvalue weighted by atomic mass is 32.1. The smallest absolute Gasteiger partial charge is 0.273 e. The maximum absolute atomic E-state index is 12.7. The minimum atomic E-state index is 0.0912. The van der Waals surface area contributed by atoms with Gasteiger partial charge in [0, 0.05) is 24.5 Å². The topological polar surface area (TPSA) is 59.2 Å². The van der Waals surface area contributed by atoms with Gasteiger partial charge in [-0.3, -0.25) is 4.79 Å². The van der Waals surface area contributed by atoms with Gasteiger partial charge in [-0.05, 0) is 25.2 Å². The lowest BCUT2D eigenvalue weighted by Gasteiger charge is -2.30. The molecule has 1 aromatic heterocycles. The number of carbonyl (C=O) groups is 1. The van der Waals surface area contributed by atoms with Crippen molar-refractivity contribution < 1.29 is 4.79 Å². The molecule has 1 aromatic rings. The molecule has 1 fully saturated rings. The van der Waals surface area contributed by atoms with Crippen LogP contribution in [-0.4, -0.2) is 28.4 Å². The molecule has 1 aliphatic heterocycles.